The minimum atomic E-state index is -0.461. The predicted octanol–water partition coefficient (Wildman–Crippen LogP) is 22.8. The number of fused-ring (bicyclic) bond motifs is 8. The summed E-state index contributed by atoms with van der Waals surface area (Å²) in [4.78, 5) is 40.3. The first-order chi connectivity index (χ1) is 54.9. The van der Waals surface area contributed by atoms with Crippen LogP contribution in [0.5, 0.6) is 0 Å². The Kier molecular flexibility index (Phi) is 16.1. The molecule has 0 radical (unpaired) electrons. The molecule has 0 aliphatic carbocycles. The minimum absolute atomic E-state index is 0.194. The number of pyridine rings is 1. The lowest BCUT2D eigenvalue weighted by molar-refractivity contribution is 0.767. The number of amidine groups is 1. The quantitative estimate of drug-likeness (QED) is 0.108. The first-order valence-corrected chi connectivity index (χ1v) is 38.7. The van der Waals surface area contributed by atoms with E-state index in [1.807, 2.05) is 42.7 Å². The molecule has 5 aromatic heterocycles. The largest absolute Gasteiger partial charge is 0.658 e. The summed E-state index contributed by atoms with van der Waals surface area (Å²) in [6.45, 7) is 0. The van der Waals surface area contributed by atoms with E-state index < -0.39 is 6.17 Å². The zero-order valence-electron chi connectivity index (χ0n) is 59.6. The van der Waals surface area contributed by atoms with Crippen molar-refractivity contribution in [1.29, 1.82) is 0 Å². The summed E-state index contributed by atoms with van der Waals surface area (Å²) < 4.78 is 5.66. The molecule has 0 amide bonds. The number of hydrogen-bond donors (Lipinski definition) is 1. The summed E-state index contributed by atoms with van der Waals surface area (Å²) >= 11 is 3.35. The maximum Gasteiger partial charge on any atom is 0.389 e. The Morgan fingerprint density at radius 1 is 0.351 bits per heavy atom. The second kappa shape index (κ2) is 27.5. The van der Waals surface area contributed by atoms with Crippen LogP contribution in [0.25, 0.3) is 155 Å². The van der Waals surface area contributed by atoms with Crippen molar-refractivity contribution in [1.82, 2.24) is 34.9 Å². The first kappa shape index (κ1) is 65.1. The number of hydrogen-bond acceptors (Lipinski definition) is 10. The lowest BCUT2D eigenvalue weighted by atomic mass is 9.97. The molecular formula is C99H62N10S2. The van der Waals surface area contributed by atoms with Crippen LogP contribution in [0.1, 0.15) is 44.2 Å². The Morgan fingerprint density at radius 2 is 0.811 bits per heavy atom. The van der Waals surface area contributed by atoms with Crippen molar-refractivity contribution in [3.8, 4) is 112 Å². The number of aromatic nitrogens is 5. The van der Waals surface area contributed by atoms with E-state index in [1.165, 1.54) is 27.1 Å². The van der Waals surface area contributed by atoms with Gasteiger partial charge in [-0.3, -0.25) is 4.99 Å². The fraction of sp³-hybridized carbons (Fsp3) is 0.0202. The van der Waals surface area contributed by atoms with Crippen molar-refractivity contribution in [3.05, 3.63) is 393 Å². The molecule has 0 saturated carbocycles. The van der Waals surface area contributed by atoms with Crippen LogP contribution in [0.4, 0.5) is 11.4 Å². The molecule has 3 aliphatic rings. The molecule has 8 heterocycles. The summed E-state index contributed by atoms with van der Waals surface area (Å²) in [7, 11) is 0. The Labute approximate surface area is 647 Å². The molecule has 12 heteroatoms. The van der Waals surface area contributed by atoms with Crippen molar-refractivity contribution >= 4 is 89.6 Å². The van der Waals surface area contributed by atoms with Gasteiger partial charge in [0.25, 0.3) is 6.21 Å². The van der Waals surface area contributed by atoms with E-state index in [4.69, 9.17) is 44.9 Å². The smallest absolute Gasteiger partial charge is 0.389 e. The molecule has 1 N–H and O–H groups in total. The molecule has 0 bridgehead atoms. The highest BCUT2D eigenvalue weighted by Crippen LogP contribution is 2.48. The third-order valence-corrected chi connectivity index (χ3v) is 23.5. The van der Waals surface area contributed by atoms with Gasteiger partial charge in [-0.25, -0.2) is 29.9 Å². The monoisotopic (exact) mass is 1450 g/mol. The lowest BCUT2D eigenvalue weighted by Gasteiger charge is -2.35. The summed E-state index contributed by atoms with van der Waals surface area (Å²) in [5.74, 6) is 2.07. The summed E-state index contributed by atoms with van der Waals surface area (Å²) in [5, 5.41) is 16.0. The van der Waals surface area contributed by atoms with Crippen molar-refractivity contribution in [2.24, 2.45) is 9.98 Å². The fourth-order valence-electron chi connectivity index (χ4n) is 15.3. The number of nitrogens with one attached hydrogen (secondary N) is 1. The van der Waals surface area contributed by atoms with E-state index in [0.717, 1.165) is 170 Å². The van der Waals surface area contributed by atoms with Crippen LogP contribution in [-0.4, -0.2) is 42.7 Å². The van der Waals surface area contributed by atoms with Gasteiger partial charge in [-0.2, -0.15) is 0 Å². The maximum atomic E-state index is 5.54. The highest BCUT2D eigenvalue weighted by atomic mass is 32.1. The van der Waals surface area contributed by atoms with E-state index in [1.54, 1.807) is 22.7 Å². The van der Waals surface area contributed by atoms with Crippen molar-refractivity contribution in [3.63, 3.8) is 0 Å². The normalized spacial score (nSPS) is 14.0. The molecule has 3 aliphatic heterocycles. The predicted molar refractivity (Wildman–Crippen MR) is 457 cm³/mol. The van der Waals surface area contributed by atoms with Gasteiger partial charge in [0.15, 0.2) is 11.6 Å². The van der Waals surface area contributed by atoms with Crippen LogP contribution in [-0.2, 0) is 0 Å². The third kappa shape index (κ3) is 12.4. The van der Waals surface area contributed by atoms with Gasteiger partial charge < -0.3 is 10.6 Å². The van der Waals surface area contributed by atoms with E-state index in [0.29, 0.717) is 11.6 Å². The van der Waals surface area contributed by atoms with E-state index >= 15 is 0 Å². The fourth-order valence-corrected chi connectivity index (χ4v) is 17.6. The topological polar surface area (TPSA) is 129 Å². The molecule has 111 heavy (non-hydrogen) atoms. The molecule has 0 saturated heterocycles. The zero-order valence-corrected chi connectivity index (χ0v) is 61.2. The van der Waals surface area contributed by atoms with Gasteiger partial charge in [0.05, 0.1) is 50.3 Å². The Balaban J connectivity index is 0.597. The Morgan fingerprint density at radius 3 is 1.41 bits per heavy atom. The van der Waals surface area contributed by atoms with Gasteiger partial charge in [-0.05, 0) is 119 Å². The van der Waals surface area contributed by atoms with Crippen LogP contribution >= 0.6 is 22.7 Å². The second-order valence-electron chi connectivity index (χ2n) is 28.1. The molecule has 520 valence electrons. The molecule has 0 spiro atoms. The van der Waals surface area contributed by atoms with E-state index in [-0.39, 0.29) is 6.04 Å². The van der Waals surface area contributed by atoms with Gasteiger partial charge >= 0.3 is 4.67 Å². The molecule has 10 nitrogen and oxygen atoms in total. The average molecular weight is 1460 g/mol. The summed E-state index contributed by atoms with van der Waals surface area (Å²) in [6.07, 6.45) is 5.47. The molecule has 21 rings (SSSR count). The van der Waals surface area contributed by atoms with Crippen LogP contribution in [0.3, 0.4) is 0 Å². The summed E-state index contributed by atoms with van der Waals surface area (Å²) in [6, 6.07) is 119. The molecule has 18 aromatic rings. The molecule has 13 aromatic carbocycles. The number of rotatable bonds is 14. The first-order valence-electron chi connectivity index (χ1n) is 37.1. The maximum absolute atomic E-state index is 5.54. The van der Waals surface area contributed by atoms with Gasteiger partial charge in [-0.1, -0.05) is 308 Å². The lowest BCUT2D eigenvalue weighted by Crippen LogP contribution is -2.32. The summed E-state index contributed by atoms with van der Waals surface area (Å²) in [5.41, 5.74) is 24.8. The highest BCUT2D eigenvalue weighted by molar-refractivity contribution is 7.19. The van der Waals surface area contributed by atoms with Crippen LogP contribution in [0, 0.1) is 0 Å². The number of thiophene rings is 2. The second-order valence-corrected chi connectivity index (χ2v) is 30.1. The van der Waals surface area contributed by atoms with Crippen molar-refractivity contribution < 1.29 is 0 Å². The van der Waals surface area contributed by atoms with Gasteiger partial charge in [0, 0.05) is 78.8 Å². The Hall–Kier alpha value is -14.3. The van der Waals surface area contributed by atoms with Gasteiger partial charge in [0.2, 0.25) is 0 Å². The van der Waals surface area contributed by atoms with Crippen molar-refractivity contribution in [2.45, 2.75) is 12.2 Å². The molecule has 0 fully saturated rings. The standard InChI is InChI=1S/C99H62N10S2/c1-4-15-60(16-5-1)64-31-37-68(38-32-64)84-57-85(103-94(102-84)72-21-8-3-9-22-72)70-41-47-74(48-42-70)96-107-89(79-50-36-63-20-11-13-24-76(63)54-79)93-91(109-96)83-56-81(59-101-99(83)111-93)67-29-27-66(28-30-67)77-25-14-26-80(55-77)97-104-86(69-39-33-65(34-40-69)61-17-6-2-7-18-61)58-87(105-97)71-43-45-73(46-44-71)95-106-88(78-49-35-62-19-10-12-23-75(62)53-78)92-90(108-95)82-51-52-100-98(82)110-92/h1-59,89,95H,(H,107,109). The average Bonchev–Trinajstić information content (AvgIpc) is 1.60. The SMILES string of the molecule is C1=[N+]=c2sc3c(c2=C1)[N-]C(c1ccc(-c2cc(-c4ccc(-c5ccccc5)cc4)nc(-c4cccc(-c5ccc(-c6cnc7sc8c(c7c6)N=C(c6ccc(-c7cc(-c9ccc(-c%10ccccc%10)cc9)nc(-c9ccccc9)n7)cc6)NC8c6ccc7ccccc7c6)cc5)c4)n2)cc1)N=C3c1ccc2ccccc2c1. The molecule has 2 unspecified atom stereocenters. The van der Waals surface area contributed by atoms with Crippen LogP contribution in [0.2, 0.25) is 0 Å². The van der Waals surface area contributed by atoms with Crippen molar-refractivity contribution in [2.75, 3.05) is 0 Å². The van der Waals surface area contributed by atoms with Gasteiger partial charge in [-0.15, -0.1) is 17.0 Å². The zero-order chi connectivity index (χ0) is 73.3. The number of benzene rings is 13. The van der Waals surface area contributed by atoms with E-state index in [2.05, 4.69) is 321 Å². The van der Waals surface area contributed by atoms with E-state index in [9.17, 15) is 0 Å². The van der Waals surface area contributed by atoms with Gasteiger partial charge in [0.1, 0.15) is 10.7 Å². The highest BCUT2D eigenvalue weighted by Gasteiger charge is 2.30. The Bertz CT molecular complexity index is 6950. The van der Waals surface area contributed by atoms with Crippen LogP contribution < -0.4 is 19.9 Å². The molecular weight excluding hydrogens is 1390 g/mol. The third-order valence-electron chi connectivity index (χ3n) is 21.2. The molecule has 2 atom stereocenters. The number of nitrogens with zero attached hydrogens (tertiary/aromatic N) is 9. The number of aliphatic imine (C=N–C) groups is 2. The van der Waals surface area contributed by atoms with Crippen LogP contribution in [0.15, 0.2) is 356 Å². The minimum Gasteiger partial charge on any atom is -0.658 e.